The molecule has 0 saturated heterocycles. The molecule has 0 spiro atoms. The molecule has 0 aliphatic rings. The van der Waals surface area contributed by atoms with Crippen molar-refractivity contribution in [3.8, 4) is 0 Å². The van der Waals surface area contributed by atoms with Gasteiger partial charge in [0.25, 0.3) is 5.91 Å². The van der Waals surface area contributed by atoms with E-state index in [4.69, 9.17) is 10.9 Å². The minimum absolute atomic E-state index is 0.137. The molecule has 0 bridgehead atoms. The van der Waals surface area contributed by atoms with Gasteiger partial charge in [-0.1, -0.05) is 30.3 Å². The average molecular weight is 206 g/mol. The molecule has 4 nitrogen and oxygen atoms in total. The fourth-order valence-corrected chi connectivity index (χ4v) is 1.05. The number of carbonyl (C=O) groups excluding carboxylic acids is 1. The Bertz CT molecular complexity index is 336. The summed E-state index contributed by atoms with van der Waals surface area (Å²) >= 11 is 0. The van der Waals surface area contributed by atoms with Crippen LogP contribution in [0.3, 0.4) is 0 Å². The normalized spacial score (nSPS) is 10.5. The van der Waals surface area contributed by atoms with Crippen molar-refractivity contribution in [1.29, 1.82) is 0 Å². The third-order valence-corrected chi connectivity index (χ3v) is 1.81. The fourth-order valence-electron chi connectivity index (χ4n) is 1.05. The summed E-state index contributed by atoms with van der Waals surface area (Å²) in [4.78, 5) is 11.2. The summed E-state index contributed by atoms with van der Waals surface area (Å²) in [7, 11) is 0. The molecule has 1 aromatic carbocycles. The van der Waals surface area contributed by atoms with E-state index in [9.17, 15) is 4.79 Å². The van der Waals surface area contributed by atoms with Crippen LogP contribution in [0.2, 0.25) is 0 Å². The maximum atomic E-state index is 11.2. The first-order valence-electron chi connectivity index (χ1n) is 4.67. The van der Waals surface area contributed by atoms with E-state index in [1.54, 1.807) is 6.08 Å². The summed E-state index contributed by atoms with van der Waals surface area (Å²) < 4.78 is 0. The SMILES string of the molecule is NCCN(O)C(=O)C=Cc1ccccc1. The van der Waals surface area contributed by atoms with Crippen LogP contribution in [0.4, 0.5) is 0 Å². The van der Waals surface area contributed by atoms with Gasteiger partial charge < -0.3 is 5.73 Å². The van der Waals surface area contributed by atoms with Crippen LogP contribution in [0.15, 0.2) is 36.4 Å². The number of nitrogens with two attached hydrogens (primary N) is 1. The number of benzene rings is 1. The molecule has 0 aromatic heterocycles. The Balaban J connectivity index is 2.55. The molecule has 80 valence electrons. The van der Waals surface area contributed by atoms with Crippen LogP contribution in [0.5, 0.6) is 0 Å². The molecule has 0 aliphatic heterocycles. The van der Waals surface area contributed by atoms with Gasteiger partial charge in [0.15, 0.2) is 0 Å². The molecule has 4 heteroatoms. The molecular weight excluding hydrogens is 192 g/mol. The lowest BCUT2D eigenvalue weighted by Gasteiger charge is -2.10. The van der Waals surface area contributed by atoms with E-state index in [0.29, 0.717) is 5.06 Å². The zero-order chi connectivity index (χ0) is 11.1. The van der Waals surface area contributed by atoms with Crippen LogP contribution in [-0.4, -0.2) is 29.3 Å². The lowest BCUT2D eigenvalue weighted by atomic mass is 10.2. The second-order valence-corrected chi connectivity index (χ2v) is 2.99. The molecule has 0 saturated carbocycles. The average Bonchev–Trinajstić information content (AvgIpc) is 2.27. The second-order valence-electron chi connectivity index (χ2n) is 2.99. The van der Waals surface area contributed by atoms with Gasteiger partial charge in [0.1, 0.15) is 0 Å². The number of hydrogen-bond donors (Lipinski definition) is 2. The number of rotatable bonds is 4. The summed E-state index contributed by atoms with van der Waals surface area (Å²) in [6.07, 6.45) is 2.95. The number of nitrogens with zero attached hydrogens (tertiary/aromatic N) is 1. The summed E-state index contributed by atoms with van der Waals surface area (Å²) in [5.41, 5.74) is 6.11. The molecular formula is C11H14N2O2. The van der Waals surface area contributed by atoms with Gasteiger partial charge in [0.05, 0.1) is 6.54 Å². The van der Waals surface area contributed by atoms with Crippen LogP contribution in [0, 0.1) is 0 Å². The Morgan fingerprint density at radius 3 is 2.67 bits per heavy atom. The zero-order valence-electron chi connectivity index (χ0n) is 8.34. The topological polar surface area (TPSA) is 66.6 Å². The van der Waals surface area contributed by atoms with E-state index in [-0.39, 0.29) is 13.1 Å². The first-order chi connectivity index (χ1) is 7.24. The summed E-state index contributed by atoms with van der Waals surface area (Å²) in [6, 6.07) is 9.39. The van der Waals surface area contributed by atoms with Gasteiger partial charge in [-0.15, -0.1) is 0 Å². The zero-order valence-corrected chi connectivity index (χ0v) is 8.34. The minimum Gasteiger partial charge on any atom is -0.329 e. The van der Waals surface area contributed by atoms with Crippen LogP contribution in [0.1, 0.15) is 5.56 Å². The Hall–Kier alpha value is -1.65. The van der Waals surface area contributed by atoms with Crippen LogP contribution >= 0.6 is 0 Å². The summed E-state index contributed by atoms with van der Waals surface area (Å²) in [6.45, 7) is 0.374. The summed E-state index contributed by atoms with van der Waals surface area (Å²) in [5, 5.41) is 9.74. The molecule has 1 aromatic rings. The molecule has 0 atom stereocenters. The smallest absolute Gasteiger partial charge is 0.269 e. The minimum atomic E-state index is -0.468. The third-order valence-electron chi connectivity index (χ3n) is 1.81. The van der Waals surface area contributed by atoms with E-state index in [2.05, 4.69) is 0 Å². The molecule has 1 amide bonds. The van der Waals surface area contributed by atoms with Crippen LogP contribution in [0.25, 0.3) is 6.08 Å². The third kappa shape index (κ3) is 3.93. The molecule has 0 radical (unpaired) electrons. The van der Waals surface area contributed by atoms with Crippen molar-refractivity contribution >= 4 is 12.0 Å². The number of amides is 1. The van der Waals surface area contributed by atoms with E-state index < -0.39 is 5.91 Å². The Kier molecular flexibility index (Phi) is 4.53. The quantitative estimate of drug-likeness (QED) is 0.436. The monoisotopic (exact) mass is 206 g/mol. The first-order valence-corrected chi connectivity index (χ1v) is 4.67. The van der Waals surface area contributed by atoms with Crippen molar-refractivity contribution in [2.24, 2.45) is 5.73 Å². The van der Waals surface area contributed by atoms with E-state index in [0.717, 1.165) is 5.56 Å². The fraction of sp³-hybridized carbons (Fsp3) is 0.182. The van der Waals surface area contributed by atoms with Crippen LogP contribution < -0.4 is 5.73 Å². The van der Waals surface area contributed by atoms with Gasteiger partial charge in [0.2, 0.25) is 0 Å². The maximum absolute atomic E-state index is 11.2. The van der Waals surface area contributed by atoms with Gasteiger partial charge in [-0.25, -0.2) is 5.06 Å². The Morgan fingerprint density at radius 2 is 2.07 bits per heavy atom. The summed E-state index contributed by atoms with van der Waals surface area (Å²) in [5.74, 6) is -0.468. The van der Waals surface area contributed by atoms with Crippen molar-refractivity contribution < 1.29 is 10.0 Å². The number of hydrogen-bond acceptors (Lipinski definition) is 3. The lowest BCUT2D eigenvalue weighted by molar-refractivity contribution is -0.158. The van der Waals surface area contributed by atoms with E-state index >= 15 is 0 Å². The van der Waals surface area contributed by atoms with Gasteiger partial charge in [-0.3, -0.25) is 10.0 Å². The van der Waals surface area contributed by atoms with E-state index in [1.165, 1.54) is 6.08 Å². The van der Waals surface area contributed by atoms with Crippen molar-refractivity contribution in [3.63, 3.8) is 0 Å². The van der Waals surface area contributed by atoms with Gasteiger partial charge in [0, 0.05) is 12.6 Å². The second kappa shape index (κ2) is 5.95. The molecule has 0 fully saturated rings. The van der Waals surface area contributed by atoms with Gasteiger partial charge in [-0.05, 0) is 11.6 Å². The Morgan fingerprint density at radius 1 is 1.40 bits per heavy atom. The molecule has 0 unspecified atom stereocenters. The highest BCUT2D eigenvalue weighted by molar-refractivity contribution is 5.90. The molecule has 0 heterocycles. The predicted molar refractivity (Wildman–Crippen MR) is 58.0 cm³/mol. The number of hydroxylamine groups is 2. The molecule has 3 N–H and O–H groups in total. The maximum Gasteiger partial charge on any atom is 0.269 e. The Labute approximate surface area is 88.6 Å². The van der Waals surface area contributed by atoms with Crippen molar-refractivity contribution in [1.82, 2.24) is 5.06 Å². The van der Waals surface area contributed by atoms with E-state index in [1.807, 2.05) is 30.3 Å². The predicted octanol–water partition coefficient (Wildman–Crippen LogP) is 0.876. The molecule has 0 aliphatic carbocycles. The highest BCUT2D eigenvalue weighted by Gasteiger charge is 2.04. The highest BCUT2D eigenvalue weighted by atomic mass is 16.5. The molecule has 1 rings (SSSR count). The lowest BCUT2D eigenvalue weighted by Crippen LogP contribution is -2.30. The standard InChI is InChI=1S/C11H14N2O2/c12-8-9-13(15)11(14)7-6-10-4-2-1-3-5-10/h1-7,15H,8-9,12H2. The van der Waals surface area contributed by atoms with Crippen LogP contribution in [-0.2, 0) is 4.79 Å². The van der Waals surface area contributed by atoms with Gasteiger partial charge >= 0.3 is 0 Å². The first kappa shape index (κ1) is 11.4. The number of carbonyl (C=O) groups is 1. The van der Waals surface area contributed by atoms with Crippen molar-refractivity contribution in [3.05, 3.63) is 42.0 Å². The largest absolute Gasteiger partial charge is 0.329 e. The molecule has 15 heavy (non-hydrogen) atoms. The van der Waals surface area contributed by atoms with Crippen molar-refractivity contribution in [2.45, 2.75) is 0 Å². The highest BCUT2D eigenvalue weighted by Crippen LogP contribution is 2.01. The van der Waals surface area contributed by atoms with Crippen molar-refractivity contribution in [2.75, 3.05) is 13.1 Å². The van der Waals surface area contributed by atoms with Gasteiger partial charge in [-0.2, -0.15) is 0 Å².